The van der Waals surface area contributed by atoms with Crippen LogP contribution in [-0.2, 0) is 19.4 Å². The molecule has 1 N–H and O–H groups in total. The van der Waals surface area contributed by atoms with Gasteiger partial charge < -0.3 is 9.88 Å². The Balaban J connectivity index is 1.68. The molecule has 0 saturated heterocycles. The van der Waals surface area contributed by atoms with Crippen LogP contribution in [0.3, 0.4) is 0 Å². The lowest BCUT2D eigenvalue weighted by atomic mass is 10.0. The molecule has 1 amide bonds. The topological polar surface area (TPSA) is 46.9 Å². The Bertz CT molecular complexity index is 634. The lowest BCUT2D eigenvalue weighted by Gasteiger charge is -2.13. The Morgan fingerprint density at radius 1 is 1.32 bits per heavy atom. The van der Waals surface area contributed by atoms with Crippen LogP contribution in [0.5, 0.6) is 0 Å². The molecular weight excluding hydrogens is 274 g/mol. The van der Waals surface area contributed by atoms with Crippen molar-refractivity contribution in [3.05, 3.63) is 53.1 Å². The van der Waals surface area contributed by atoms with Crippen molar-refractivity contribution in [1.29, 1.82) is 0 Å². The van der Waals surface area contributed by atoms with E-state index in [1.54, 1.807) is 0 Å². The zero-order valence-corrected chi connectivity index (χ0v) is 13.3. The van der Waals surface area contributed by atoms with Gasteiger partial charge in [-0.15, -0.1) is 0 Å². The Morgan fingerprint density at radius 2 is 2.09 bits per heavy atom. The molecule has 4 heteroatoms. The van der Waals surface area contributed by atoms with Gasteiger partial charge in [-0.3, -0.25) is 4.79 Å². The standard InChI is InChI=1S/C18H23N3O/c1-3-14-7-9-15(10-8-14)13(2)19-18(22)16-12-21-11-5-4-6-17(21)20-16/h7-10,12-13H,3-6,11H2,1-2H3,(H,19,22). The van der Waals surface area contributed by atoms with E-state index >= 15 is 0 Å². The number of carbonyl (C=O) groups excluding carboxylic acids is 1. The number of benzene rings is 1. The maximum absolute atomic E-state index is 12.4. The number of aromatic nitrogens is 2. The van der Waals surface area contributed by atoms with Crippen LogP contribution >= 0.6 is 0 Å². The second-order valence-corrected chi connectivity index (χ2v) is 5.98. The first-order chi connectivity index (χ1) is 10.7. The molecule has 4 nitrogen and oxygen atoms in total. The number of hydrogen-bond donors (Lipinski definition) is 1. The van der Waals surface area contributed by atoms with E-state index in [2.05, 4.69) is 46.1 Å². The predicted molar refractivity (Wildman–Crippen MR) is 86.9 cm³/mol. The second-order valence-electron chi connectivity index (χ2n) is 5.98. The molecule has 1 aliphatic rings. The monoisotopic (exact) mass is 297 g/mol. The summed E-state index contributed by atoms with van der Waals surface area (Å²) in [6.45, 7) is 5.12. The van der Waals surface area contributed by atoms with Crippen molar-refractivity contribution in [2.24, 2.45) is 0 Å². The second kappa shape index (κ2) is 6.34. The summed E-state index contributed by atoms with van der Waals surface area (Å²) in [7, 11) is 0. The fourth-order valence-electron chi connectivity index (χ4n) is 2.92. The molecule has 1 aliphatic heterocycles. The zero-order chi connectivity index (χ0) is 15.5. The molecule has 116 valence electrons. The van der Waals surface area contributed by atoms with Crippen LogP contribution in [0.15, 0.2) is 30.5 Å². The van der Waals surface area contributed by atoms with Gasteiger partial charge in [-0.05, 0) is 37.3 Å². The van der Waals surface area contributed by atoms with Crippen molar-refractivity contribution in [2.75, 3.05) is 0 Å². The minimum atomic E-state index is -0.0889. The van der Waals surface area contributed by atoms with E-state index in [0.717, 1.165) is 37.2 Å². The summed E-state index contributed by atoms with van der Waals surface area (Å²) >= 11 is 0. The fourth-order valence-corrected chi connectivity index (χ4v) is 2.92. The van der Waals surface area contributed by atoms with Crippen LogP contribution in [0.25, 0.3) is 0 Å². The molecule has 22 heavy (non-hydrogen) atoms. The molecule has 0 radical (unpaired) electrons. The van der Waals surface area contributed by atoms with Gasteiger partial charge in [0, 0.05) is 19.2 Å². The highest BCUT2D eigenvalue weighted by Gasteiger charge is 2.18. The molecule has 1 unspecified atom stereocenters. The van der Waals surface area contributed by atoms with Gasteiger partial charge in [0.2, 0.25) is 0 Å². The lowest BCUT2D eigenvalue weighted by Crippen LogP contribution is -2.27. The molecular formula is C18H23N3O. The van der Waals surface area contributed by atoms with Gasteiger partial charge in [0.1, 0.15) is 11.5 Å². The van der Waals surface area contributed by atoms with Crippen LogP contribution < -0.4 is 5.32 Å². The van der Waals surface area contributed by atoms with Gasteiger partial charge >= 0.3 is 0 Å². The van der Waals surface area contributed by atoms with Gasteiger partial charge in [0.25, 0.3) is 5.91 Å². The highest BCUT2D eigenvalue weighted by Crippen LogP contribution is 2.17. The first-order valence-electron chi connectivity index (χ1n) is 8.13. The maximum Gasteiger partial charge on any atom is 0.271 e. The van der Waals surface area contributed by atoms with Gasteiger partial charge in [0.15, 0.2) is 0 Å². The quantitative estimate of drug-likeness (QED) is 0.941. The zero-order valence-electron chi connectivity index (χ0n) is 13.3. The molecule has 2 aromatic rings. The summed E-state index contributed by atoms with van der Waals surface area (Å²) in [6.07, 6.45) is 6.22. The molecule has 1 aromatic heterocycles. The number of carbonyl (C=O) groups is 1. The largest absolute Gasteiger partial charge is 0.344 e. The van der Waals surface area contributed by atoms with Crippen molar-refractivity contribution in [3.8, 4) is 0 Å². The molecule has 3 rings (SSSR count). The summed E-state index contributed by atoms with van der Waals surface area (Å²) in [4.78, 5) is 16.9. The highest BCUT2D eigenvalue weighted by atomic mass is 16.2. The van der Waals surface area contributed by atoms with Crippen LogP contribution in [0.1, 0.15) is 60.2 Å². The van der Waals surface area contributed by atoms with E-state index in [1.165, 1.54) is 12.0 Å². The first kappa shape index (κ1) is 14.8. The predicted octanol–water partition coefficient (Wildman–Crippen LogP) is 3.27. The Hall–Kier alpha value is -2.10. The number of amides is 1. The number of nitrogens with one attached hydrogen (secondary N) is 1. The number of hydrogen-bond acceptors (Lipinski definition) is 2. The van der Waals surface area contributed by atoms with E-state index in [-0.39, 0.29) is 11.9 Å². The van der Waals surface area contributed by atoms with E-state index in [4.69, 9.17) is 0 Å². The smallest absolute Gasteiger partial charge is 0.271 e. The van der Waals surface area contributed by atoms with Crippen LogP contribution in [0, 0.1) is 0 Å². The summed E-state index contributed by atoms with van der Waals surface area (Å²) in [5, 5.41) is 3.04. The van der Waals surface area contributed by atoms with Crippen molar-refractivity contribution >= 4 is 5.91 Å². The summed E-state index contributed by atoms with van der Waals surface area (Å²) in [5.41, 5.74) is 2.97. The van der Waals surface area contributed by atoms with Gasteiger partial charge in [-0.1, -0.05) is 31.2 Å². The van der Waals surface area contributed by atoms with Crippen molar-refractivity contribution in [2.45, 2.75) is 52.1 Å². The van der Waals surface area contributed by atoms with Crippen LogP contribution in [0.4, 0.5) is 0 Å². The van der Waals surface area contributed by atoms with E-state index in [1.807, 2.05) is 13.1 Å². The number of rotatable bonds is 4. The van der Waals surface area contributed by atoms with Gasteiger partial charge in [-0.2, -0.15) is 0 Å². The molecule has 0 aliphatic carbocycles. The minimum absolute atomic E-state index is 0.0165. The number of nitrogens with zero attached hydrogens (tertiary/aromatic N) is 2. The summed E-state index contributed by atoms with van der Waals surface area (Å²) < 4.78 is 2.11. The van der Waals surface area contributed by atoms with E-state index in [9.17, 15) is 4.79 Å². The van der Waals surface area contributed by atoms with Gasteiger partial charge in [0.05, 0.1) is 6.04 Å². The third kappa shape index (κ3) is 3.06. The molecule has 1 atom stereocenters. The van der Waals surface area contributed by atoms with E-state index in [0.29, 0.717) is 5.69 Å². The van der Waals surface area contributed by atoms with Crippen molar-refractivity contribution < 1.29 is 4.79 Å². The molecule has 0 spiro atoms. The molecule has 0 bridgehead atoms. The molecule has 2 heterocycles. The Labute approximate surface area is 131 Å². The Morgan fingerprint density at radius 3 is 2.77 bits per heavy atom. The number of imidazole rings is 1. The first-order valence-corrected chi connectivity index (χ1v) is 8.13. The van der Waals surface area contributed by atoms with Crippen LogP contribution in [0.2, 0.25) is 0 Å². The third-order valence-corrected chi connectivity index (χ3v) is 4.38. The average Bonchev–Trinajstić information content (AvgIpc) is 2.99. The SMILES string of the molecule is CCc1ccc(C(C)NC(=O)c2cn3c(n2)CCCC3)cc1. The lowest BCUT2D eigenvalue weighted by molar-refractivity contribution is 0.0935. The Kier molecular flexibility index (Phi) is 4.27. The molecule has 1 aromatic carbocycles. The highest BCUT2D eigenvalue weighted by molar-refractivity contribution is 5.92. The average molecular weight is 297 g/mol. The summed E-state index contributed by atoms with van der Waals surface area (Å²) in [6, 6.07) is 8.39. The van der Waals surface area contributed by atoms with Crippen molar-refractivity contribution in [3.63, 3.8) is 0 Å². The molecule has 0 saturated carbocycles. The van der Waals surface area contributed by atoms with Crippen LogP contribution in [-0.4, -0.2) is 15.5 Å². The van der Waals surface area contributed by atoms with E-state index < -0.39 is 0 Å². The van der Waals surface area contributed by atoms with Gasteiger partial charge in [-0.25, -0.2) is 4.98 Å². The molecule has 0 fully saturated rings. The number of aryl methyl sites for hydroxylation is 3. The summed E-state index contributed by atoms with van der Waals surface area (Å²) in [5.74, 6) is 0.949. The normalized spacial score (nSPS) is 15.2. The fraction of sp³-hybridized carbons (Fsp3) is 0.444. The maximum atomic E-state index is 12.4. The number of fused-ring (bicyclic) bond motifs is 1. The minimum Gasteiger partial charge on any atom is -0.344 e. The third-order valence-electron chi connectivity index (χ3n) is 4.38. The van der Waals surface area contributed by atoms with Crippen molar-refractivity contribution in [1.82, 2.24) is 14.9 Å².